The van der Waals surface area contributed by atoms with E-state index in [4.69, 9.17) is 12.2 Å². The predicted octanol–water partition coefficient (Wildman–Crippen LogP) is 4.03. The average Bonchev–Trinajstić information content (AvgIpc) is 3.04. The highest BCUT2D eigenvalue weighted by Gasteiger charge is 2.20. The lowest BCUT2D eigenvalue weighted by atomic mass is 10.1. The van der Waals surface area contributed by atoms with Crippen molar-refractivity contribution in [3.63, 3.8) is 0 Å². The largest absolute Gasteiger partial charge is 0.335 e. The number of benzene rings is 1. The van der Waals surface area contributed by atoms with E-state index < -0.39 is 0 Å². The lowest BCUT2D eigenvalue weighted by Gasteiger charge is -2.27. The van der Waals surface area contributed by atoms with Crippen LogP contribution < -0.4 is 5.56 Å². The van der Waals surface area contributed by atoms with Gasteiger partial charge in [-0.2, -0.15) is 0 Å². The van der Waals surface area contributed by atoms with Crippen LogP contribution in [0.3, 0.4) is 0 Å². The molecular weight excluding hydrogens is 350 g/mol. The first kappa shape index (κ1) is 16.4. The quantitative estimate of drug-likeness (QED) is 0.686. The van der Waals surface area contributed by atoms with Crippen LogP contribution in [-0.2, 0) is 19.5 Å². The molecule has 1 aromatic carbocycles. The molecule has 2 N–H and O–H groups in total. The van der Waals surface area contributed by atoms with Crippen LogP contribution in [0.2, 0.25) is 0 Å². The lowest BCUT2D eigenvalue weighted by molar-refractivity contribution is 0.243. The monoisotopic (exact) mass is 369 g/mol. The van der Waals surface area contributed by atoms with Crippen LogP contribution in [0.25, 0.3) is 10.4 Å². The van der Waals surface area contributed by atoms with Crippen molar-refractivity contribution in [2.75, 3.05) is 6.54 Å². The van der Waals surface area contributed by atoms with Crippen LogP contribution >= 0.6 is 23.6 Å². The maximum absolute atomic E-state index is 12.1. The normalized spacial score (nSPS) is 14.4. The van der Waals surface area contributed by atoms with Gasteiger partial charge in [0.25, 0.3) is 5.56 Å². The molecule has 0 aliphatic carbocycles. The zero-order valence-electron chi connectivity index (χ0n) is 14.0. The van der Waals surface area contributed by atoms with E-state index in [0.717, 1.165) is 30.8 Å². The smallest absolute Gasteiger partial charge is 0.256 e. The zero-order chi connectivity index (χ0) is 17.4. The third kappa shape index (κ3) is 3.38. The van der Waals surface area contributed by atoms with Crippen LogP contribution in [0, 0.1) is 11.7 Å². The van der Waals surface area contributed by atoms with Crippen LogP contribution in [0.15, 0.2) is 41.2 Å². The predicted molar refractivity (Wildman–Crippen MR) is 105 cm³/mol. The molecule has 3 heterocycles. The molecule has 6 heteroatoms. The van der Waals surface area contributed by atoms with E-state index >= 15 is 0 Å². The van der Waals surface area contributed by atoms with Crippen molar-refractivity contribution in [1.82, 2.24) is 14.9 Å². The van der Waals surface area contributed by atoms with Gasteiger partial charge in [0, 0.05) is 41.5 Å². The summed E-state index contributed by atoms with van der Waals surface area (Å²) < 4.78 is 0.415. The van der Waals surface area contributed by atoms with E-state index in [1.54, 1.807) is 0 Å². The SMILES string of the molecule is Cc1ccccc1-c1ccc(CN2CCc3[nH]c(=S)[nH]c(=O)c3C2)s1. The fourth-order valence-corrected chi connectivity index (χ4v) is 4.68. The fourth-order valence-electron chi connectivity index (χ4n) is 3.32. The summed E-state index contributed by atoms with van der Waals surface area (Å²) >= 11 is 6.89. The van der Waals surface area contributed by atoms with Crippen LogP contribution in [-0.4, -0.2) is 21.4 Å². The molecule has 0 unspecified atom stereocenters. The zero-order valence-corrected chi connectivity index (χ0v) is 15.6. The molecule has 0 atom stereocenters. The van der Waals surface area contributed by atoms with Crippen molar-refractivity contribution in [2.24, 2.45) is 0 Å². The van der Waals surface area contributed by atoms with E-state index in [1.165, 1.54) is 20.9 Å². The summed E-state index contributed by atoms with van der Waals surface area (Å²) in [6.45, 7) is 4.60. The molecule has 0 bridgehead atoms. The number of aryl methyl sites for hydroxylation is 1. The molecule has 1 aliphatic rings. The molecule has 128 valence electrons. The highest BCUT2D eigenvalue weighted by atomic mass is 32.1. The topological polar surface area (TPSA) is 51.9 Å². The minimum atomic E-state index is -0.0600. The van der Waals surface area contributed by atoms with E-state index in [-0.39, 0.29) is 5.56 Å². The molecule has 0 saturated heterocycles. The minimum absolute atomic E-state index is 0.0600. The van der Waals surface area contributed by atoms with Crippen molar-refractivity contribution >= 4 is 23.6 Å². The third-order valence-corrected chi connectivity index (χ3v) is 5.95. The Morgan fingerprint density at radius 2 is 2.04 bits per heavy atom. The maximum Gasteiger partial charge on any atom is 0.256 e. The van der Waals surface area contributed by atoms with Gasteiger partial charge in [-0.15, -0.1) is 11.3 Å². The molecule has 0 radical (unpaired) electrons. The number of hydrogen-bond acceptors (Lipinski definition) is 4. The first-order valence-electron chi connectivity index (χ1n) is 8.31. The highest BCUT2D eigenvalue weighted by molar-refractivity contribution is 7.71. The van der Waals surface area contributed by atoms with Gasteiger partial charge in [-0.05, 0) is 42.4 Å². The summed E-state index contributed by atoms with van der Waals surface area (Å²) in [6.07, 6.45) is 0.832. The molecular formula is C19H19N3OS2. The highest BCUT2D eigenvalue weighted by Crippen LogP contribution is 2.31. The van der Waals surface area contributed by atoms with Crippen molar-refractivity contribution in [1.29, 1.82) is 0 Å². The van der Waals surface area contributed by atoms with Crippen molar-refractivity contribution in [3.05, 3.63) is 73.2 Å². The Bertz CT molecular complexity index is 1030. The molecule has 3 aromatic rings. The molecule has 0 fully saturated rings. The Labute approximate surface area is 155 Å². The van der Waals surface area contributed by atoms with Gasteiger partial charge < -0.3 is 4.98 Å². The average molecular weight is 370 g/mol. The summed E-state index contributed by atoms with van der Waals surface area (Å²) in [4.78, 5) is 22.9. The van der Waals surface area contributed by atoms with Crippen LogP contribution in [0.5, 0.6) is 0 Å². The molecule has 2 aromatic heterocycles. The molecule has 25 heavy (non-hydrogen) atoms. The van der Waals surface area contributed by atoms with E-state index in [0.29, 0.717) is 11.3 Å². The van der Waals surface area contributed by atoms with Gasteiger partial charge in [0.05, 0.1) is 5.56 Å². The number of hydrogen-bond donors (Lipinski definition) is 2. The van der Waals surface area contributed by atoms with Crippen LogP contribution in [0.1, 0.15) is 21.7 Å². The molecule has 1 aliphatic heterocycles. The summed E-state index contributed by atoms with van der Waals surface area (Å²) in [5.41, 5.74) is 4.33. The first-order chi connectivity index (χ1) is 12.1. The number of nitrogens with one attached hydrogen (secondary N) is 2. The van der Waals surface area contributed by atoms with Crippen LogP contribution in [0.4, 0.5) is 0 Å². The van der Waals surface area contributed by atoms with Gasteiger partial charge in [-0.1, -0.05) is 24.3 Å². The molecule has 4 nitrogen and oxygen atoms in total. The number of thiophene rings is 1. The van der Waals surface area contributed by atoms with E-state index in [9.17, 15) is 4.79 Å². The molecule has 4 rings (SSSR count). The van der Waals surface area contributed by atoms with Gasteiger partial charge in [-0.25, -0.2) is 0 Å². The molecule has 0 amide bonds. The minimum Gasteiger partial charge on any atom is -0.335 e. The number of H-pyrrole nitrogens is 2. The van der Waals surface area contributed by atoms with Crippen molar-refractivity contribution in [2.45, 2.75) is 26.4 Å². The summed E-state index contributed by atoms with van der Waals surface area (Å²) in [7, 11) is 0. The second-order valence-electron chi connectivity index (χ2n) is 6.41. The lowest BCUT2D eigenvalue weighted by Crippen LogP contribution is -2.35. The van der Waals surface area contributed by atoms with Gasteiger partial charge in [0.15, 0.2) is 4.77 Å². The Hall–Kier alpha value is -2.02. The van der Waals surface area contributed by atoms with E-state index in [1.807, 2.05) is 11.3 Å². The third-order valence-electron chi connectivity index (χ3n) is 4.64. The standard InChI is InChI=1S/C19H19N3OS2/c1-12-4-2-3-5-14(12)17-7-6-13(25-17)10-22-9-8-16-15(11-22)18(23)21-19(24)20-16/h2-7H,8-11H2,1H3,(H2,20,21,23,24). The Balaban J connectivity index is 1.53. The summed E-state index contributed by atoms with van der Waals surface area (Å²) in [6, 6.07) is 12.9. The second kappa shape index (κ2) is 6.71. The number of nitrogens with zero attached hydrogens (tertiary/aromatic N) is 1. The Morgan fingerprint density at radius 1 is 1.20 bits per heavy atom. The number of rotatable bonds is 3. The molecule has 0 saturated carbocycles. The summed E-state index contributed by atoms with van der Waals surface area (Å²) in [5.74, 6) is 0. The Morgan fingerprint density at radius 3 is 2.88 bits per heavy atom. The van der Waals surface area contributed by atoms with Crippen molar-refractivity contribution < 1.29 is 0 Å². The number of aromatic amines is 2. The molecule has 0 spiro atoms. The fraction of sp³-hybridized carbons (Fsp3) is 0.263. The van der Waals surface area contributed by atoms with Gasteiger partial charge in [0.1, 0.15) is 0 Å². The second-order valence-corrected chi connectivity index (χ2v) is 7.98. The van der Waals surface area contributed by atoms with Gasteiger partial charge in [0.2, 0.25) is 0 Å². The van der Waals surface area contributed by atoms with Crippen molar-refractivity contribution in [3.8, 4) is 10.4 Å². The van der Waals surface area contributed by atoms with E-state index in [2.05, 4.69) is 58.2 Å². The maximum atomic E-state index is 12.1. The Kier molecular flexibility index (Phi) is 4.41. The number of aromatic nitrogens is 2. The first-order valence-corrected chi connectivity index (χ1v) is 9.54. The van der Waals surface area contributed by atoms with Gasteiger partial charge in [-0.3, -0.25) is 14.7 Å². The summed E-state index contributed by atoms with van der Waals surface area (Å²) in [5, 5.41) is 0. The number of fused-ring (bicyclic) bond motifs is 1. The van der Waals surface area contributed by atoms with Gasteiger partial charge >= 0.3 is 0 Å².